The second-order valence-corrected chi connectivity index (χ2v) is 6.54. The molecule has 31 heavy (non-hydrogen) atoms. The molecule has 0 aliphatic carbocycles. The van der Waals surface area contributed by atoms with Crippen LogP contribution in [0.3, 0.4) is 0 Å². The third-order valence-electron chi connectivity index (χ3n) is 3.58. The van der Waals surface area contributed by atoms with Gasteiger partial charge in [0.15, 0.2) is 0 Å². The van der Waals surface area contributed by atoms with Gasteiger partial charge in [-0.25, -0.2) is 4.79 Å². The van der Waals surface area contributed by atoms with Gasteiger partial charge < -0.3 is 42.7 Å². The van der Waals surface area contributed by atoms with Gasteiger partial charge in [0.05, 0.1) is 25.3 Å². The molecule has 0 saturated carbocycles. The summed E-state index contributed by atoms with van der Waals surface area (Å²) in [5, 5.41) is 32.6. The van der Waals surface area contributed by atoms with Gasteiger partial charge >= 0.3 is 17.9 Å². The standard InChI is InChI=1S/C15H23N5O10S/c16-5(1-9(17)21)12(26)18-6(2-10(22)23)13(27)20-8(4-31)14(28)19-7(15(29)30)3-11(24)25/h5-8,31H,1-4,16H2,(H2,17,21)(H,18,26)(H,19,28)(H,20,27)(H,22,23)(H,24,25)(H,29,30). The fraction of sp³-hybridized carbons (Fsp3) is 0.533. The lowest BCUT2D eigenvalue weighted by molar-refractivity contribution is -0.147. The summed E-state index contributed by atoms with van der Waals surface area (Å²) in [6.07, 6.45) is -2.43. The van der Waals surface area contributed by atoms with Crippen molar-refractivity contribution in [2.45, 2.75) is 43.4 Å². The van der Waals surface area contributed by atoms with Crippen molar-refractivity contribution < 1.29 is 48.9 Å². The molecule has 15 nitrogen and oxygen atoms in total. The van der Waals surface area contributed by atoms with Crippen LogP contribution < -0.4 is 27.4 Å². The highest BCUT2D eigenvalue weighted by atomic mass is 32.1. The number of nitrogens with one attached hydrogen (secondary N) is 3. The molecule has 4 atom stereocenters. The first-order valence-electron chi connectivity index (χ1n) is 8.50. The number of nitrogens with two attached hydrogens (primary N) is 2. The van der Waals surface area contributed by atoms with Crippen LogP contribution >= 0.6 is 12.6 Å². The van der Waals surface area contributed by atoms with Crippen molar-refractivity contribution in [3.05, 3.63) is 0 Å². The molecular formula is C15H23N5O10S. The van der Waals surface area contributed by atoms with E-state index in [1.165, 1.54) is 0 Å². The van der Waals surface area contributed by atoms with Crippen molar-refractivity contribution in [2.24, 2.45) is 11.5 Å². The average molecular weight is 465 g/mol. The molecule has 0 saturated heterocycles. The first-order valence-corrected chi connectivity index (χ1v) is 9.13. The Morgan fingerprint density at radius 3 is 1.55 bits per heavy atom. The Morgan fingerprint density at radius 2 is 1.13 bits per heavy atom. The quantitative estimate of drug-likeness (QED) is 0.110. The number of primary amides is 1. The molecule has 0 fully saturated rings. The molecule has 0 aromatic carbocycles. The number of amides is 4. The van der Waals surface area contributed by atoms with Crippen LogP contribution in [0.25, 0.3) is 0 Å². The van der Waals surface area contributed by atoms with E-state index in [-0.39, 0.29) is 5.75 Å². The normalized spacial score (nSPS) is 14.3. The number of rotatable bonds is 14. The molecule has 4 unspecified atom stereocenters. The molecule has 0 aromatic heterocycles. The molecule has 0 aliphatic heterocycles. The van der Waals surface area contributed by atoms with Crippen LogP contribution in [0.2, 0.25) is 0 Å². The Bertz CT molecular complexity index is 746. The van der Waals surface area contributed by atoms with E-state index in [1.54, 1.807) is 0 Å². The van der Waals surface area contributed by atoms with E-state index in [2.05, 4.69) is 17.9 Å². The molecule has 0 heterocycles. The zero-order chi connectivity index (χ0) is 24.3. The Kier molecular flexibility index (Phi) is 11.6. The molecule has 0 aliphatic rings. The van der Waals surface area contributed by atoms with Gasteiger partial charge in [-0.3, -0.25) is 28.8 Å². The van der Waals surface area contributed by atoms with E-state index in [0.29, 0.717) is 0 Å². The maximum absolute atomic E-state index is 12.4. The van der Waals surface area contributed by atoms with E-state index >= 15 is 0 Å². The van der Waals surface area contributed by atoms with Gasteiger partial charge in [-0.2, -0.15) is 12.6 Å². The van der Waals surface area contributed by atoms with Crippen LogP contribution in [0, 0.1) is 0 Å². The van der Waals surface area contributed by atoms with E-state index in [0.717, 1.165) is 0 Å². The minimum atomic E-state index is -1.80. The fourth-order valence-corrected chi connectivity index (χ4v) is 2.34. The number of aliphatic carboxylic acids is 3. The zero-order valence-corrected chi connectivity index (χ0v) is 16.8. The number of carbonyl (C=O) groups excluding carboxylic acids is 4. The molecule has 0 rings (SSSR count). The number of carbonyl (C=O) groups is 7. The maximum Gasteiger partial charge on any atom is 0.326 e. The molecule has 10 N–H and O–H groups in total. The van der Waals surface area contributed by atoms with Crippen LogP contribution in [-0.2, 0) is 33.6 Å². The lowest BCUT2D eigenvalue weighted by Gasteiger charge is -2.23. The van der Waals surface area contributed by atoms with Crippen LogP contribution in [0.1, 0.15) is 19.3 Å². The highest BCUT2D eigenvalue weighted by molar-refractivity contribution is 7.80. The lowest BCUT2D eigenvalue weighted by atomic mass is 10.1. The third kappa shape index (κ3) is 10.8. The summed E-state index contributed by atoms with van der Waals surface area (Å²) in [7, 11) is 0. The summed E-state index contributed by atoms with van der Waals surface area (Å²) in [5.41, 5.74) is 10.3. The summed E-state index contributed by atoms with van der Waals surface area (Å²) in [5.74, 6) is -9.25. The molecular weight excluding hydrogens is 442 g/mol. The highest BCUT2D eigenvalue weighted by Gasteiger charge is 2.31. The van der Waals surface area contributed by atoms with Crippen molar-refractivity contribution in [1.82, 2.24) is 16.0 Å². The predicted octanol–water partition coefficient (Wildman–Crippen LogP) is -4.39. The van der Waals surface area contributed by atoms with Crippen molar-refractivity contribution in [3.8, 4) is 0 Å². The summed E-state index contributed by atoms with van der Waals surface area (Å²) in [4.78, 5) is 80.1. The Morgan fingerprint density at radius 1 is 0.710 bits per heavy atom. The molecule has 0 radical (unpaired) electrons. The second kappa shape index (κ2) is 13.0. The maximum atomic E-state index is 12.4. The zero-order valence-electron chi connectivity index (χ0n) is 15.9. The van der Waals surface area contributed by atoms with Gasteiger partial charge in [-0.1, -0.05) is 0 Å². The monoisotopic (exact) mass is 465 g/mol. The summed E-state index contributed by atoms with van der Waals surface area (Å²) < 4.78 is 0. The minimum absolute atomic E-state index is 0.383. The van der Waals surface area contributed by atoms with Gasteiger partial charge in [-0.15, -0.1) is 0 Å². The van der Waals surface area contributed by atoms with Crippen molar-refractivity contribution in [2.75, 3.05) is 5.75 Å². The lowest BCUT2D eigenvalue weighted by Crippen LogP contribution is -2.58. The average Bonchev–Trinajstić information content (AvgIpc) is 2.63. The predicted molar refractivity (Wildman–Crippen MR) is 104 cm³/mol. The number of thiol groups is 1. The fourth-order valence-electron chi connectivity index (χ4n) is 2.09. The van der Waals surface area contributed by atoms with Crippen LogP contribution in [-0.4, -0.2) is 86.8 Å². The van der Waals surface area contributed by atoms with Crippen molar-refractivity contribution in [1.29, 1.82) is 0 Å². The van der Waals surface area contributed by atoms with Gasteiger partial charge in [-0.05, 0) is 0 Å². The van der Waals surface area contributed by atoms with Gasteiger partial charge in [0.1, 0.15) is 18.1 Å². The Hall–Kier alpha value is -3.40. The molecule has 0 bridgehead atoms. The van der Waals surface area contributed by atoms with E-state index < -0.39 is 85.0 Å². The highest BCUT2D eigenvalue weighted by Crippen LogP contribution is 2.00. The number of hydrogen-bond acceptors (Lipinski definition) is 9. The van der Waals surface area contributed by atoms with Gasteiger partial charge in [0.25, 0.3) is 0 Å². The number of hydrogen-bond donors (Lipinski definition) is 9. The first-order chi connectivity index (χ1) is 14.3. The largest absolute Gasteiger partial charge is 0.481 e. The summed E-state index contributed by atoms with van der Waals surface area (Å²) in [6, 6.07) is -6.48. The minimum Gasteiger partial charge on any atom is -0.481 e. The number of carboxylic acid groups (broad SMARTS) is 3. The Labute approximate surface area is 180 Å². The SMILES string of the molecule is NC(=O)CC(N)C(=O)NC(CC(=O)O)C(=O)NC(CS)C(=O)NC(CC(=O)O)C(=O)O. The Balaban J connectivity index is 5.29. The van der Waals surface area contributed by atoms with Gasteiger partial charge in [0.2, 0.25) is 23.6 Å². The first kappa shape index (κ1) is 27.6. The summed E-state index contributed by atoms with van der Waals surface area (Å²) >= 11 is 3.84. The molecule has 0 spiro atoms. The molecule has 4 amide bonds. The summed E-state index contributed by atoms with van der Waals surface area (Å²) in [6.45, 7) is 0. The van der Waals surface area contributed by atoms with E-state index in [1.807, 2.05) is 10.6 Å². The van der Waals surface area contributed by atoms with Crippen LogP contribution in [0.4, 0.5) is 0 Å². The van der Waals surface area contributed by atoms with E-state index in [9.17, 15) is 33.6 Å². The van der Waals surface area contributed by atoms with Crippen LogP contribution in [0.15, 0.2) is 0 Å². The van der Waals surface area contributed by atoms with Crippen molar-refractivity contribution >= 4 is 54.2 Å². The topological polar surface area (TPSA) is 268 Å². The van der Waals surface area contributed by atoms with Crippen LogP contribution in [0.5, 0.6) is 0 Å². The number of carboxylic acids is 3. The smallest absolute Gasteiger partial charge is 0.326 e. The molecule has 174 valence electrons. The molecule has 0 aromatic rings. The second-order valence-electron chi connectivity index (χ2n) is 6.18. The van der Waals surface area contributed by atoms with Gasteiger partial charge in [0, 0.05) is 5.75 Å². The molecule has 16 heteroatoms. The van der Waals surface area contributed by atoms with Crippen molar-refractivity contribution in [3.63, 3.8) is 0 Å². The van der Waals surface area contributed by atoms with E-state index in [4.69, 9.17) is 26.8 Å². The third-order valence-corrected chi connectivity index (χ3v) is 3.94.